The smallest absolute Gasteiger partial charge is 0.0768 e. The lowest BCUT2D eigenvalue weighted by Gasteiger charge is -2.22. The maximum Gasteiger partial charge on any atom is 0.0768 e. The van der Waals surface area contributed by atoms with Gasteiger partial charge in [0.1, 0.15) is 0 Å². The van der Waals surface area contributed by atoms with Crippen LogP contribution in [0.5, 0.6) is 0 Å². The zero-order valence-corrected chi connectivity index (χ0v) is 8.54. The van der Waals surface area contributed by atoms with Crippen LogP contribution in [-0.2, 0) is 0 Å². The van der Waals surface area contributed by atoms with Crippen LogP contribution in [0.4, 0.5) is 11.4 Å². The number of anilines is 2. The van der Waals surface area contributed by atoms with Crippen LogP contribution < -0.4 is 10.6 Å². The molecule has 0 aliphatic heterocycles. The first-order valence-electron chi connectivity index (χ1n) is 4.66. The van der Waals surface area contributed by atoms with E-state index in [4.69, 9.17) is 5.73 Å². The molecule has 1 aromatic rings. The summed E-state index contributed by atoms with van der Waals surface area (Å²) in [6.07, 6.45) is 1.80. The molecule has 3 nitrogen and oxygen atoms in total. The lowest BCUT2D eigenvalue weighted by atomic mass is 10.2. The third kappa shape index (κ3) is 1.91. The second kappa shape index (κ2) is 4.12. The summed E-state index contributed by atoms with van der Waals surface area (Å²) in [6, 6.07) is 1.97. The van der Waals surface area contributed by atoms with Crippen LogP contribution in [0.15, 0.2) is 12.3 Å². The Labute approximate surface area is 79.6 Å². The molecule has 13 heavy (non-hydrogen) atoms. The molecule has 0 spiro atoms. The molecule has 0 saturated carbocycles. The van der Waals surface area contributed by atoms with E-state index in [1.54, 1.807) is 6.20 Å². The number of rotatable bonds is 3. The molecule has 2 N–H and O–H groups in total. The number of nitrogens with zero attached hydrogens (tertiary/aromatic N) is 2. The first-order valence-corrected chi connectivity index (χ1v) is 4.66. The average molecular weight is 179 g/mol. The summed E-state index contributed by atoms with van der Waals surface area (Å²) in [5, 5.41) is 0. The first kappa shape index (κ1) is 9.84. The quantitative estimate of drug-likeness (QED) is 0.769. The van der Waals surface area contributed by atoms with Gasteiger partial charge in [-0.15, -0.1) is 0 Å². The van der Waals surface area contributed by atoms with Crippen LogP contribution in [-0.4, -0.2) is 18.1 Å². The van der Waals surface area contributed by atoms with E-state index in [2.05, 4.69) is 23.7 Å². The topological polar surface area (TPSA) is 42.2 Å². The Hall–Kier alpha value is -1.25. The minimum Gasteiger partial charge on any atom is -0.396 e. The molecule has 0 unspecified atom stereocenters. The van der Waals surface area contributed by atoms with Gasteiger partial charge in [-0.2, -0.15) is 0 Å². The fraction of sp³-hybridized carbons (Fsp3) is 0.500. The van der Waals surface area contributed by atoms with Crippen molar-refractivity contribution in [3.05, 3.63) is 18.0 Å². The molecule has 0 aromatic carbocycles. The van der Waals surface area contributed by atoms with Crippen LogP contribution in [0.1, 0.15) is 19.5 Å². The Morgan fingerprint density at radius 3 is 2.54 bits per heavy atom. The standard InChI is InChI=1S/C10H17N3/c1-4-13(5-2)9-6-7-12-8(3)10(9)11/h6-7H,4-5,11H2,1-3H3. The molecule has 3 heteroatoms. The number of nitrogen functional groups attached to an aromatic ring is 1. The molecule has 1 aromatic heterocycles. The summed E-state index contributed by atoms with van der Waals surface area (Å²) >= 11 is 0. The minimum absolute atomic E-state index is 0.797. The minimum atomic E-state index is 0.797. The molecule has 1 rings (SSSR count). The second-order valence-electron chi connectivity index (χ2n) is 3.00. The highest BCUT2D eigenvalue weighted by atomic mass is 15.1. The van der Waals surface area contributed by atoms with Crippen molar-refractivity contribution < 1.29 is 0 Å². The van der Waals surface area contributed by atoms with Crippen molar-refractivity contribution in [1.29, 1.82) is 0 Å². The molecule has 0 radical (unpaired) electrons. The molecule has 72 valence electrons. The molecular weight excluding hydrogens is 162 g/mol. The van der Waals surface area contributed by atoms with E-state index in [-0.39, 0.29) is 0 Å². The van der Waals surface area contributed by atoms with E-state index in [0.29, 0.717) is 0 Å². The van der Waals surface area contributed by atoms with Crippen molar-refractivity contribution in [2.24, 2.45) is 0 Å². The number of hydrogen-bond acceptors (Lipinski definition) is 3. The molecular formula is C10H17N3. The van der Waals surface area contributed by atoms with Crippen molar-refractivity contribution in [3.8, 4) is 0 Å². The van der Waals surface area contributed by atoms with Crippen LogP contribution in [0.25, 0.3) is 0 Å². The lowest BCUT2D eigenvalue weighted by molar-refractivity contribution is 0.865. The van der Waals surface area contributed by atoms with E-state index in [9.17, 15) is 0 Å². The second-order valence-corrected chi connectivity index (χ2v) is 3.00. The van der Waals surface area contributed by atoms with Crippen molar-refractivity contribution in [1.82, 2.24) is 4.98 Å². The van der Waals surface area contributed by atoms with Crippen LogP contribution in [0.3, 0.4) is 0 Å². The molecule has 0 aliphatic carbocycles. The SMILES string of the molecule is CCN(CC)c1ccnc(C)c1N. The fourth-order valence-corrected chi connectivity index (χ4v) is 1.40. The van der Waals surface area contributed by atoms with Gasteiger partial charge < -0.3 is 10.6 Å². The third-order valence-corrected chi connectivity index (χ3v) is 2.27. The summed E-state index contributed by atoms with van der Waals surface area (Å²) in [4.78, 5) is 6.36. The Balaban J connectivity index is 3.05. The molecule has 0 saturated heterocycles. The lowest BCUT2D eigenvalue weighted by Crippen LogP contribution is -2.23. The van der Waals surface area contributed by atoms with Gasteiger partial charge in [0, 0.05) is 19.3 Å². The van der Waals surface area contributed by atoms with E-state index in [0.717, 1.165) is 30.2 Å². The van der Waals surface area contributed by atoms with Crippen molar-refractivity contribution in [2.45, 2.75) is 20.8 Å². The van der Waals surface area contributed by atoms with Crippen LogP contribution in [0, 0.1) is 6.92 Å². The van der Waals surface area contributed by atoms with E-state index >= 15 is 0 Å². The highest BCUT2D eigenvalue weighted by Gasteiger charge is 2.07. The predicted molar refractivity (Wildman–Crippen MR) is 56.9 cm³/mol. The predicted octanol–water partition coefficient (Wildman–Crippen LogP) is 1.82. The molecule has 0 fully saturated rings. The van der Waals surface area contributed by atoms with Gasteiger partial charge in [0.25, 0.3) is 0 Å². The van der Waals surface area contributed by atoms with Gasteiger partial charge in [-0.05, 0) is 26.8 Å². The van der Waals surface area contributed by atoms with Gasteiger partial charge in [-0.3, -0.25) is 4.98 Å². The first-order chi connectivity index (χ1) is 6.20. The largest absolute Gasteiger partial charge is 0.396 e. The molecule has 0 atom stereocenters. The molecule has 0 aliphatic rings. The Morgan fingerprint density at radius 2 is 2.00 bits per heavy atom. The average Bonchev–Trinajstić information content (AvgIpc) is 2.14. The Bertz CT molecular complexity index is 279. The fourth-order valence-electron chi connectivity index (χ4n) is 1.40. The molecule has 0 bridgehead atoms. The summed E-state index contributed by atoms with van der Waals surface area (Å²) < 4.78 is 0. The molecule has 1 heterocycles. The van der Waals surface area contributed by atoms with E-state index < -0.39 is 0 Å². The van der Waals surface area contributed by atoms with Crippen LogP contribution >= 0.6 is 0 Å². The van der Waals surface area contributed by atoms with E-state index in [1.807, 2.05) is 13.0 Å². The third-order valence-electron chi connectivity index (χ3n) is 2.27. The van der Waals surface area contributed by atoms with Crippen molar-refractivity contribution in [2.75, 3.05) is 23.7 Å². The number of aryl methyl sites for hydroxylation is 1. The highest BCUT2D eigenvalue weighted by Crippen LogP contribution is 2.23. The van der Waals surface area contributed by atoms with E-state index in [1.165, 1.54) is 0 Å². The maximum atomic E-state index is 5.93. The number of pyridine rings is 1. The maximum absolute atomic E-state index is 5.93. The Morgan fingerprint density at radius 1 is 1.38 bits per heavy atom. The number of nitrogens with two attached hydrogens (primary N) is 1. The summed E-state index contributed by atoms with van der Waals surface area (Å²) in [7, 11) is 0. The molecule has 0 amide bonds. The zero-order valence-electron chi connectivity index (χ0n) is 8.54. The summed E-state index contributed by atoms with van der Waals surface area (Å²) in [6.45, 7) is 8.13. The van der Waals surface area contributed by atoms with Gasteiger partial charge >= 0.3 is 0 Å². The monoisotopic (exact) mass is 179 g/mol. The highest BCUT2D eigenvalue weighted by molar-refractivity contribution is 5.68. The van der Waals surface area contributed by atoms with Crippen LogP contribution in [0.2, 0.25) is 0 Å². The Kier molecular flexibility index (Phi) is 3.12. The number of hydrogen-bond donors (Lipinski definition) is 1. The van der Waals surface area contributed by atoms with Gasteiger partial charge in [-0.1, -0.05) is 0 Å². The van der Waals surface area contributed by atoms with Crippen molar-refractivity contribution >= 4 is 11.4 Å². The normalized spacial score (nSPS) is 10.1. The number of aromatic nitrogens is 1. The van der Waals surface area contributed by atoms with Gasteiger partial charge in [0.15, 0.2) is 0 Å². The van der Waals surface area contributed by atoms with Gasteiger partial charge in [0.2, 0.25) is 0 Å². The van der Waals surface area contributed by atoms with Gasteiger partial charge in [-0.25, -0.2) is 0 Å². The van der Waals surface area contributed by atoms with Crippen molar-refractivity contribution in [3.63, 3.8) is 0 Å². The zero-order chi connectivity index (χ0) is 9.84. The summed E-state index contributed by atoms with van der Waals surface area (Å²) in [5.74, 6) is 0. The van der Waals surface area contributed by atoms with Gasteiger partial charge in [0.05, 0.1) is 17.1 Å². The summed E-state index contributed by atoms with van der Waals surface area (Å²) in [5.41, 5.74) is 8.73.